The van der Waals surface area contributed by atoms with E-state index in [2.05, 4.69) is 5.16 Å². The highest BCUT2D eigenvalue weighted by molar-refractivity contribution is 6.02. The van der Waals surface area contributed by atoms with E-state index in [1.165, 1.54) is 0 Å². The zero-order valence-electron chi connectivity index (χ0n) is 11.3. The average molecular weight is 257 g/mol. The highest BCUT2D eigenvalue weighted by atomic mass is 16.4. The third-order valence-corrected chi connectivity index (χ3v) is 3.35. The number of nitrogens with two attached hydrogens (primary N) is 1. The monoisotopic (exact) mass is 257 g/mol. The van der Waals surface area contributed by atoms with E-state index >= 15 is 0 Å². The molecule has 104 valence electrons. The molecule has 0 bridgehead atoms. The van der Waals surface area contributed by atoms with Crippen LogP contribution in [0.15, 0.2) is 5.16 Å². The first-order chi connectivity index (χ1) is 8.28. The molecule has 6 heteroatoms. The van der Waals surface area contributed by atoms with E-state index in [0.29, 0.717) is 19.5 Å². The Morgan fingerprint density at radius 2 is 2.11 bits per heavy atom. The summed E-state index contributed by atoms with van der Waals surface area (Å²) < 4.78 is 0. The fourth-order valence-electron chi connectivity index (χ4n) is 2.42. The van der Waals surface area contributed by atoms with Gasteiger partial charge in [0, 0.05) is 13.1 Å². The maximum Gasteiger partial charge on any atom is 0.233 e. The van der Waals surface area contributed by atoms with Crippen LogP contribution in [0.5, 0.6) is 0 Å². The number of carbonyl (C=O) groups excluding carboxylic acids is 1. The Kier molecular flexibility index (Phi) is 4.56. The minimum absolute atomic E-state index is 0.0553. The van der Waals surface area contributed by atoms with Crippen molar-refractivity contribution in [1.29, 1.82) is 0 Å². The molecule has 0 radical (unpaired) electrons. The van der Waals surface area contributed by atoms with Crippen molar-refractivity contribution < 1.29 is 15.1 Å². The number of amidine groups is 1. The molecule has 1 rings (SSSR count). The number of β-amino-alcohol motifs (C(OH)–C–C–N with tert-alkyl or cyclic N) is 1. The second-order valence-corrected chi connectivity index (χ2v) is 5.61. The second kappa shape index (κ2) is 5.56. The fourth-order valence-corrected chi connectivity index (χ4v) is 2.42. The maximum absolute atomic E-state index is 12.4. The SMILES string of the molecule is CC(C)C(C(=O)N1CCCC(C)(O)C1)C(N)=NO. The third-order valence-electron chi connectivity index (χ3n) is 3.35. The van der Waals surface area contributed by atoms with E-state index in [4.69, 9.17) is 10.9 Å². The lowest BCUT2D eigenvalue weighted by Gasteiger charge is -2.38. The van der Waals surface area contributed by atoms with Gasteiger partial charge in [0.2, 0.25) is 5.91 Å². The molecule has 0 aliphatic carbocycles. The van der Waals surface area contributed by atoms with Crippen LogP contribution in [0.2, 0.25) is 0 Å². The number of carbonyl (C=O) groups is 1. The van der Waals surface area contributed by atoms with Gasteiger partial charge in [-0.2, -0.15) is 0 Å². The van der Waals surface area contributed by atoms with Crippen molar-refractivity contribution in [2.45, 2.75) is 39.2 Å². The largest absolute Gasteiger partial charge is 0.409 e. The van der Waals surface area contributed by atoms with Crippen molar-refractivity contribution in [3.05, 3.63) is 0 Å². The molecule has 1 saturated heterocycles. The molecule has 1 aliphatic heterocycles. The van der Waals surface area contributed by atoms with Crippen molar-refractivity contribution in [1.82, 2.24) is 4.90 Å². The summed E-state index contributed by atoms with van der Waals surface area (Å²) in [7, 11) is 0. The molecule has 2 atom stereocenters. The summed E-state index contributed by atoms with van der Waals surface area (Å²) >= 11 is 0. The first kappa shape index (κ1) is 14.8. The predicted molar refractivity (Wildman–Crippen MR) is 68.2 cm³/mol. The van der Waals surface area contributed by atoms with Crippen LogP contribution in [0, 0.1) is 11.8 Å². The number of oxime groups is 1. The molecule has 1 heterocycles. The van der Waals surface area contributed by atoms with E-state index < -0.39 is 11.5 Å². The molecule has 0 aromatic rings. The molecular weight excluding hydrogens is 234 g/mol. The van der Waals surface area contributed by atoms with Gasteiger partial charge in [-0.15, -0.1) is 0 Å². The lowest BCUT2D eigenvalue weighted by molar-refractivity contribution is -0.140. The van der Waals surface area contributed by atoms with Crippen molar-refractivity contribution in [2.24, 2.45) is 22.7 Å². The Morgan fingerprint density at radius 3 is 2.56 bits per heavy atom. The quantitative estimate of drug-likeness (QED) is 0.294. The van der Waals surface area contributed by atoms with Gasteiger partial charge >= 0.3 is 0 Å². The van der Waals surface area contributed by atoms with Crippen molar-refractivity contribution in [3.63, 3.8) is 0 Å². The van der Waals surface area contributed by atoms with Crippen LogP contribution in [0.25, 0.3) is 0 Å². The molecule has 18 heavy (non-hydrogen) atoms. The molecular formula is C12H23N3O3. The Labute approximate surface area is 107 Å². The summed E-state index contributed by atoms with van der Waals surface area (Å²) in [5, 5.41) is 21.7. The van der Waals surface area contributed by atoms with Gasteiger partial charge in [-0.05, 0) is 25.7 Å². The number of hydrogen-bond acceptors (Lipinski definition) is 4. The summed E-state index contributed by atoms with van der Waals surface area (Å²) in [5.41, 5.74) is 4.74. The smallest absolute Gasteiger partial charge is 0.233 e. The Balaban J connectivity index is 2.84. The molecule has 1 fully saturated rings. The highest BCUT2D eigenvalue weighted by Crippen LogP contribution is 2.23. The van der Waals surface area contributed by atoms with Crippen LogP contribution in [0.3, 0.4) is 0 Å². The number of hydrogen-bond donors (Lipinski definition) is 3. The second-order valence-electron chi connectivity index (χ2n) is 5.61. The van der Waals surface area contributed by atoms with Gasteiger partial charge in [0.15, 0.2) is 5.84 Å². The first-order valence-electron chi connectivity index (χ1n) is 6.27. The van der Waals surface area contributed by atoms with Gasteiger partial charge in [0.25, 0.3) is 0 Å². The molecule has 0 aromatic carbocycles. The van der Waals surface area contributed by atoms with E-state index in [-0.39, 0.29) is 17.7 Å². The lowest BCUT2D eigenvalue weighted by Crippen LogP contribution is -2.53. The lowest BCUT2D eigenvalue weighted by atomic mass is 9.90. The van der Waals surface area contributed by atoms with E-state index in [9.17, 15) is 9.90 Å². The maximum atomic E-state index is 12.4. The molecule has 4 N–H and O–H groups in total. The Hall–Kier alpha value is -1.30. The van der Waals surface area contributed by atoms with Crippen molar-refractivity contribution >= 4 is 11.7 Å². The predicted octanol–water partition coefficient (Wildman–Crippen LogP) is 0.378. The average Bonchev–Trinajstić information content (AvgIpc) is 2.27. The number of likely N-dealkylation sites (tertiary alicyclic amines) is 1. The molecule has 6 nitrogen and oxygen atoms in total. The molecule has 1 aliphatic rings. The minimum Gasteiger partial charge on any atom is -0.409 e. The van der Waals surface area contributed by atoms with Gasteiger partial charge in [-0.1, -0.05) is 19.0 Å². The summed E-state index contributed by atoms with van der Waals surface area (Å²) in [6, 6.07) is 0. The Bertz CT molecular complexity index is 339. The van der Waals surface area contributed by atoms with Gasteiger partial charge < -0.3 is 20.9 Å². The van der Waals surface area contributed by atoms with Gasteiger partial charge in [-0.25, -0.2) is 0 Å². The van der Waals surface area contributed by atoms with Crippen LogP contribution in [-0.2, 0) is 4.79 Å². The summed E-state index contributed by atoms with van der Waals surface area (Å²) in [4.78, 5) is 14.0. The molecule has 0 saturated carbocycles. The summed E-state index contributed by atoms with van der Waals surface area (Å²) in [5.74, 6) is -0.940. The highest BCUT2D eigenvalue weighted by Gasteiger charge is 2.36. The topological polar surface area (TPSA) is 99.2 Å². The molecule has 0 aromatic heterocycles. The van der Waals surface area contributed by atoms with Crippen LogP contribution in [-0.4, -0.2) is 45.6 Å². The van der Waals surface area contributed by atoms with Gasteiger partial charge in [0.1, 0.15) is 5.92 Å². The number of nitrogens with zero attached hydrogens (tertiary/aromatic N) is 2. The zero-order valence-corrected chi connectivity index (χ0v) is 11.3. The molecule has 1 amide bonds. The minimum atomic E-state index is -0.847. The summed E-state index contributed by atoms with van der Waals surface area (Å²) in [6.07, 6.45) is 1.45. The van der Waals surface area contributed by atoms with Gasteiger partial charge in [0.05, 0.1) is 5.60 Å². The van der Waals surface area contributed by atoms with Crippen molar-refractivity contribution in [2.75, 3.05) is 13.1 Å². The van der Waals surface area contributed by atoms with Crippen LogP contribution in [0.1, 0.15) is 33.6 Å². The number of rotatable bonds is 3. The van der Waals surface area contributed by atoms with Crippen LogP contribution < -0.4 is 5.73 Å². The normalized spacial score (nSPS) is 27.4. The van der Waals surface area contributed by atoms with Crippen molar-refractivity contribution in [3.8, 4) is 0 Å². The number of piperidine rings is 1. The number of aliphatic hydroxyl groups is 1. The number of amides is 1. The molecule has 2 unspecified atom stereocenters. The fraction of sp³-hybridized carbons (Fsp3) is 0.833. The zero-order chi connectivity index (χ0) is 13.9. The Morgan fingerprint density at radius 1 is 1.50 bits per heavy atom. The third kappa shape index (κ3) is 3.35. The standard InChI is InChI=1S/C12H23N3O3/c1-8(2)9(10(13)14-18)11(16)15-6-4-5-12(3,17)7-15/h8-9,17-18H,4-7H2,1-3H3,(H2,13,14). The summed E-state index contributed by atoms with van der Waals surface area (Å²) in [6.45, 7) is 6.33. The van der Waals surface area contributed by atoms with Gasteiger partial charge in [-0.3, -0.25) is 4.79 Å². The van der Waals surface area contributed by atoms with E-state index in [0.717, 1.165) is 6.42 Å². The first-order valence-corrected chi connectivity index (χ1v) is 6.27. The van der Waals surface area contributed by atoms with Crippen LogP contribution >= 0.6 is 0 Å². The van der Waals surface area contributed by atoms with E-state index in [1.807, 2.05) is 13.8 Å². The molecule has 0 spiro atoms. The van der Waals surface area contributed by atoms with E-state index in [1.54, 1.807) is 11.8 Å². The van der Waals surface area contributed by atoms with Crippen LogP contribution in [0.4, 0.5) is 0 Å².